The maximum Gasteiger partial charge on any atom is 0.317 e. The zero-order chi connectivity index (χ0) is 15.3. The Kier molecular flexibility index (Phi) is 5.10. The van der Waals surface area contributed by atoms with Crippen LogP contribution in [-0.2, 0) is 5.41 Å². The molecule has 0 aliphatic heterocycles. The number of urea groups is 1. The highest BCUT2D eigenvalue weighted by Crippen LogP contribution is 2.47. The Hall–Kier alpha value is -1.71. The van der Waals surface area contributed by atoms with Crippen LogP contribution in [0.4, 0.5) is 4.79 Å². The van der Waals surface area contributed by atoms with Crippen molar-refractivity contribution in [3.05, 3.63) is 29.8 Å². The predicted molar refractivity (Wildman–Crippen MR) is 84.8 cm³/mol. The largest absolute Gasteiger partial charge is 0.497 e. The van der Waals surface area contributed by atoms with Crippen molar-refractivity contribution < 1.29 is 9.53 Å². The minimum absolute atomic E-state index is 0.0308. The van der Waals surface area contributed by atoms with Crippen LogP contribution in [0.15, 0.2) is 24.3 Å². The molecule has 1 aliphatic carbocycles. The molecule has 116 valence electrons. The quantitative estimate of drug-likeness (QED) is 0.838. The minimum atomic E-state index is 0.0308. The Morgan fingerprint density at radius 3 is 2.52 bits per heavy atom. The van der Waals surface area contributed by atoms with Crippen molar-refractivity contribution in [2.75, 3.05) is 27.2 Å². The molecule has 0 aromatic heterocycles. The SMILES string of the molecule is CCCCN(C)C(=O)NCC1(c2ccc(OC)cc2)CC1. The Morgan fingerprint density at radius 1 is 1.33 bits per heavy atom. The van der Waals surface area contributed by atoms with Crippen molar-refractivity contribution in [2.45, 2.75) is 38.0 Å². The number of amides is 2. The molecule has 1 aliphatic rings. The second kappa shape index (κ2) is 6.83. The fourth-order valence-corrected chi connectivity index (χ4v) is 2.54. The fourth-order valence-electron chi connectivity index (χ4n) is 2.54. The van der Waals surface area contributed by atoms with Gasteiger partial charge in [0.25, 0.3) is 0 Å². The summed E-state index contributed by atoms with van der Waals surface area (Å²) < 4.78 is 5.19. The van der Waals surface area contributed by atoms with E-state index in [1.54, 1.807) is 12.0 Å². The molecular formula is C17H26N2O2. The van der Waals surface area contributed by atoms with Gasteiger partial charge in [0, 0.05) is 25.6 Å². The molecule has 2 rings (SSSR count). The van der Waals surface area contributed by atoms with Crippen molar-refractivity contribution in [1.29, 1.82) is 0 Å². The molecule has 0 unspecified atom stereocenters. The second-order valence-corrected chi connectivity index (χ2v) is 5.94. The summed E-state index contributed by atoms with van der Waals surface area (Å²) in [5.74, 6) is 0.873. The average Bonchev–Trinajstić information content (AvgIpc) is 3.31. The lowest BCUT2D eigenvalue weighted by Gasteiger charge is -2.21. The van der Waals surface area contributed by atoms with Crippen LogP contribution in [0.3, 0.4) is 0 Å². The zero-order valence-electron chi connectivity index (χ0n) is 13.3. The molecule has 0 radical (unpaired) electrons. The lowest BCUT2D eigenvalue weighted by Crippen LogP contribution is -2.41. The number of nitrogens with zero attached hydrogens (tertiary/aromatic N) is 1. The number of carbonyl (C=O) groups is 1. The minimum Gasteiger partial charge on any atom is -0.497 e. The summed E-state index contributed by atoms with van der Waals surface area (Å²) in [6.45, 7) is 3.67. The van der Waals surface area contributed by atoms with Crippen LogP contribution in [0.1, 0.15) is 38.2 Å². The maximum absolute atomic E-state index is 12.0. The van der Waals surface area contributed by atoms with E-state index in [-0.39, 0.29) is 11.4 Å². The van der Waals surface area contributed by atoms with Gasteiger partial charge in [-0.1, -0.05) is 25.5 Å². The number of benzene rings is 1. The van der Waals surface area contributed by atoms with E-state index < -0.39 is 0 Å². The first kappa shape index (κ1) is 15.7. The normalized spacial score (nSPS) is 15.4. The Bertz CT molecular complexity index is 466. The van der Waals surface area contributed by atoms with Crippen molar-refractivity contribution in [1.82, 2.24) is 10.2 Å². The number of ether oxygens (including phenoxy) is 1. The molecule has 4 nitrogen and oxygen atoms in total. The highest BCUT2D eigenvalue weighted by Gasteiger charge is 2.44. The number of methoxy groups -OCH3 is 1. The summed E-state index contributed by atoms with van der Waals surface area (Å²) in [7, 11) is 3.53. The van der Waals surface area contributed by atoms with Crippen molar-refractivity contribution >= 4 is 6.03 Å². The standard InChI is InChI=1S/C17H26N2O2/c1-4-5-12-19(2)16(20)18-13-17(10-11-17)14-6-8-15(21-3)9-7-14/h6-9H,4-5,10-13H2,1-3H3,(H,18,20). The highest BCUT2D eigenvalue weighted by atomic mass is 16.5. The number of nitrogens with one attached hydrogen (secondary N) is 1. The summed E-state index contributed by atoms with van der Waals surface area (Å²) in [5, 5.41) is 3.08. The summed E-state index contributed by atoms with van der Waals surface area (Å²) in [4.78, 5) is 13.8. The number of unbranched alkanes of at least 4 members (excludes halogenated alkanes) is 1. The molecule has 0 heterocycles. The molecule has 0 spiro atoms. The van der Waals surface area contributed by atoms with Gasteiger partial charge in [-0.3, -0.25) is 0 Å². The molecule has 0 bridgehead atoms. The van der Waals surface area contributed by atoms with E-state index in [4.69, 9.17) is 4.74 Å². The lowest BCUT2D eigenvalue weighted by molar-refractivity contribution is 0.207. The van der Waals surface area contributed by atoms with Gasteiger partial charge in [-0.05, 0) is 37.0 Å². The fraction of sp³-hybridized carbons (Fsp3) is 0.588. The summed E-state index contributed by atoms with van der Waals surface area (Å²) in [6.07, 6.45) is 4.43. The molecule has 0 saturated heterocycles. The number of carbonyl (C=O) groups excluding carboxylic acids is 1. The molecule has 2 amide bonds. The molecule has 1 fully saturated rings. The van der Waals surface area contributed by atoms with Gasteiger partial charge in [0.05, 0.1) is 7.11 Å². The Balaban J connectivity index is 1.88. The average molecular weight is 290 g/mol. The first-order chi connectivity index (χ1) is 10.1. The molecule has 1 aromatic carbocycles. The molecule has 21 heavy (non-hydrogen) atoms. The Labute approximate surface area is 127 Å². The van der Waals surface area contributed by atoms with Crippen molar-refractivity contribution in [2.24, 2.45) is 0 Å². The van der Waals surface area contributed by atoms with E-state index in [1.807, 2.05) is 19.2 Å². The first-order valence-electron chi connectivity index (χ1n) is 7.75. The topological polar surface area (TPSA) is 41.6 Å². The summed E-state index contributed by atoms with van der Waals surface area (Å²) in [5.41, 5.74) is 1.42. The highest BCUT2D eigenvalue weighted by molar-refractivity contribution is 5.74. The van der Waals surface area contributed by atoms with E-state index in [0.29, 0.717) is 6.54 Å². The van der Waals surface area contributed by atoms with Gasteiger partial charge in [0.15, 0.2) is 0 Å². The van der Waals surface area contributed by atoms with E-state index >= 15 is 0 Å². The van der Waals surface area contributed by atoms with E-state index in [9.17, 15) is 4.79 Å². The van der Waals surface area contributed by atoms with Gasteiger partial charge >= 0.3 is 6.03 Å². The third-order valence-electron chi connectivity index (χ3n) is 4.33. The van der Waals surface area contributed by atoms with Crippen LogP contribution in [0.5, 0.6) is 5.75 Å². The zero-order valence-corrected chi connectivity index (χ0v) is 13.3. The number of rotatable bonds is 7. The summed E-state index contributed by atoms with van der Waals surface area (Å²) in [6, 6.07) is 8.23. The third kappa shape index (κ3) is 3.90. The molecule has 1 N–H and O–H groups in total. The van der Waals surface area contributed by atoms with Crippen molar-refractivity contribution in [3.8, 4) is 5.75 Å². The second-order valence-electron chi connectivity index (χ2n) is 5.94. The van der Waals surface area contributed by atoms with E-state index in [1.165, 1.54) is 5.56 Å². The first-order valence-corrected chi connectivity index (χ1v) is 7.75. The maximum atomic E-state index is 12.0. The van der Waals surface area contributed by atoms with Gasteiger partial charge in [-0.25, -0.2) is 4.79 Å². The van der Waals surface area contributed by atoms with Crippen LogP contribution in [0.2, 0.25) is 0 Å². The van der Waals surface area contributed by atoms with Gasteiger partial charge in [-0.15, -0.1) is 0 Å². The van der Waals surface area contributed by atoms with E-state index in [0.717, 1.165) is 38.0 Å². The van der Waals surface area contributed by atoms with Crippen molar-refractivity contribution in [3.63, 3.8) is 0 Å². The third-order valence-corrected chi connectivity index (χ3v) is 4.33. The van der Waals surface area contributed by atoms with E-state index in [2.05, 4.69) is 24.4 Å². The van der Waals surface area contributed by atoms with Gasteiger partial charge in [0.1, 0.15) is 5.75 Å². The van der Waals surface area contributed by atoms with Crippen LogP contribution >= 0.6 is 0 Å². The molecular weight excluding hydrogens is 264 g/mol. The number of hydrogen-bond acceptors (Lipinski definition) is 2. The molecule has 1 saturated carbocycles. The predicted octanol–water partition coefficient (Wildman–Crippen LogP) is 3.17. The van der Waals surface area contributed by atoms with Gasteiger partial charge in [0.2, 0.25) is 0 Å². The van der Waals surface area contributed by atoms with Gasteiger partial charge in [-0.2, -0.15) is 0 Å². The van der Waals surface area contributed by atoms with Crippen LogP contribution in [0, 0.1) is 0 Å². The molecule has 1 aromatic rings. The molecule has 4 heteroatoms. The Morgan fingerprint density at radius 2 is 2.00 bits per heavy atom. The summed E-state index contributed by atoms with van der Waals surface area (Å²) >= 11 is 0. The van der Waals surface area contributed by atoms with Crippen LogP contribution in [0.25, 0.3) is 0 Å². The van der Waals surface area contributed by atoms with Crippen LogP contribution in [-0.4, -0.2) is 38.2 Å². The lowest BCUT2D eigenvalue weighted by atomic mass is 9.96. The molecule has 0 atom stereocenters. The van der Waals surface area contributed by atoms with Gasteiger partial charge < -0.3 is 15.0 Å². The number of hydrogen-bond donors (Lipinski definition) is 1. The van der Waals surface area contributed by atoms with Crippen LogP contribution < -0.4 is 10.1 Å². The smallest absolute Gasteiger partial charge is 0.317 e. The monoisotopic (exact) mass is 290 g/mol.